The molecule has 0 saturated carbocycles. The van der Waals surface area contributed by atoms with E-state index in [1.807, 2.05) is 12.3 Å². The summed E-state index contributed by atoms with van der Waals surface area (Å²) >= 11 is 0. The van der Waals surface area contributed by atoms with Gasteiger partial charge in [0.15, 0.2) is 5.82 Å². The van der Waals surface area contributed by atoms with Gasteiger partial charge in [0.05, 0.1) is 17.6 Å². The van der Waals surface area contributed by atoms with Gasteiger partial charge in [-0.3, -0.25) is 0 Å². The number of nitrogens with one attached hydrogen (secondary N) is 1. The van der Waals surface area contributed by atoms with Crippen LogP contribution in [0.25, 0.3) is 11.4 Å². The number of rotatable bonds is 5. The highest BCUT2D eigenvalue weighted by Gasteiger charge is 2.21. The molecular weight excluding hydrogens is 276 g/mol. The summed E-state index contributed by atoms with van der Waals surface area (Å²) in [4.78, 5) is 9.15. The van der Waals surface area contributed by atoms with Gasteiger partial charge in [0.25, 0.3) is 0 Å². The van der Waals surface area contributed by atoms with Crippen LogP contribution in [0.5, 0.6) is 5.75 Å². The molecule has 1 aromatic heterocycles. The molecular formula is C17H24N4O. The van der Waals surface area contributed by atoms with Crippen LogP contribution in [0.2, 0.25) is 0 Å². The minimum absolute atomic E-state index is 0.112. The average molecular weight is 300 g/mol. The van der Waals surface area contributed by atoms with Crippen molar-refractivity contribution in [2.24, 2.45) is 5.73 Å². The van der Waals surface area contributed by atoms with Gasteiger partial charge in [-0.15, -0.1) is 0 Å². The second-order valence-electron chi connectivity index (χ2n) is 6.33. The van der Waals surface area contributed by atoms with Crippen molar-refractivity contribution in [1.82, 2.24) is 9.97 Å². The van der Waals surface area contributed by atoms with E-state index < -0.39 is 0 Å². The Labute approximate surface area is 131 Å². The third-order valence-corrected chi connectivity index (χ3v) is 3.30. The van der Waals surface area contributed by atoms with E-state index in [0.29, 0.717) is 12.4 Å². The maximum absolute atomic E-state index is 9.62. The Kier molecular flexibility index (Phi) is 4.98. The molecule has 5 nitrogen and oxygen atoms in total. The molecule has 1 aromatic carbocycles. The number of phenolic OH excluding ortho intramolecular Hbond substituents is 1. The largest absolute Gasteiger partial charge is 0.508 e. The summed E-state index contributed by atoms with van der Waals surface area (Å²) < 4.78 is 0. The van der Waals surface area contributed by atoms with Gasteiger partial charge < -0.3 is 16.2 Å². The van der Waals surface area contributed by atoms with Crippen LogP contribution in [0.15, 0.2) is 30.5 Å². The van der Waals surface area contributed by atoms with E-state index in [1.54, 1.807) is 18.2 Å². The SMILES string of the molecule is CC(C)(C)c1nc(-c2cccc(O)c2)ncc1NCCCN. The van der Waals surface area contributed by atoms with E-state index in [-0.39, 0.29) is 11.2 Å². The first-order valence-corrected chi connectivity index (χ1v) is 7.52. The van der Waals surface area contributed by atoms with Crippen LogP contribution in [0.4, 0.5) is 5.69 Å². The van der Waals surface area contributed by atoms with Crippen molar-refractivity contribution in [3.8, 4) is 17.1 Å². The zero-order valence-corrected chi connectivity index (χ0v) is 13.4. The molecule has 0 bridgehead atoms. The maximum atomic E-state index is 9.62. The van der Waals surface area contributed by atoms with E-state index in [9.17, 15) is 5.11 Å². The fourth-order valence-corrected chi connectivity index (χ4v) is 2.19. The Bertz CT molecular complexity index is 635. The second kappa shape index (κ2) is 6.75. The molecule has 0 saturated heterocycles. The fourth-order valence-electron chi connectivity index (χ4n) is 2.19. The third-order valence-electron chi connectivity index (χ3n) is 3.30. The molecule has 2 aromatic rings. The lowest BCUT2D eigenvalue weighted by Crippen LogP contribution is -2.19. The molecule has 1 heterocycles. The Hall–Kier alpha value is -2.14. The smallest absolute Gasteiger partial charge is 0.159 e. The number of hydrogen-bond donors (Lipinski definition) is 3. The van der Waals surface area contributed by atoms with Gasteiger partial charge in [0.1, 0.15) is 5.75 Å². The minimum Gasteiger partial charge on any atom is -0.508 e. The number of nitrogens with zero attached hydrogens (tertiary/aromatic N) is 2. The van der Waals surface area contributed by atoms with Crippen molar-refractivity contribution >= 4 is 5.69 Å². The highest BCUT2D eigenvalue weighted by molar-refractivity contribution is 5.60. The highest BCUT2D eigenvalue weighted by Crippen LogP contribution is 2.30. The third kappa shape index (κ3) is 3.95. The van der Waals surface area contributed by atoms with Crippen LogP contribution in [-0.4, -0.2) is 28.2 Å². The van der Waals surface area contributed by atoms with E-state index in [0.717, 1.165) is 29.9 Å². The summed E-state index contributed by atoms with van der Waals surface area (Å²) in [6, 6.07) is 6.99. The monoisotopic (exact) mass is 300 g/mol. The van der Waals surface area contributed by atoms with Crippen molar-refractivity contribution in [1.29, 1.82) is 0 Å². The first-order chi connectivity index (χ1) is 10.4. The molecule has 5 heteroatoms. The first kappa shape index (κ1) is 16.2. The summed E-state index contributed by atoms with van der Waals surface area (Å²) in [6.45, 7) is 7.82. The van der Waals surface area contributed by atoms with Crippen LogP contribution in [0.3, 0.4) is 0 Å². The Morgan fingerprint density at radius 3 is 2.68 bits per heavy atom. The summed E-state index contributed by atoms with van der Waals surface area (Å²) in [5.41, 5.74) is 8.12. The molecule has 0 aliphatic rings. The number of phenols is 1. The number of hydrogen-bond acceptors (Lipinski definition) is 5. The molecule has 4 N–H and O–H groups in total. The van der Waals surface area contributed by atoms with Gasteiger partial charge in [0, 0.05) is 17.5 Å². The number of aromatic hydroxyl groups is 1. The molecule has 0 aliphatic heterocycles. The van der Waals surface area contributed by atoms with Crippen molar-refractivity contribution in [2.45, 2.75) is 32.6 Å². The van der Waals surface area contributed by atoms with Gasteiger partial charge >= 0.3 is 0 Å². The minimum atomic E-state index is -0.112. The average Bonchev–Trinajstić information content (AvgIpc) is 2.46. The molecule has 0 atom stereocenters. The summed E-state index contributed by atoms with van der Waals surface area (Å²) in [7, 11) is 0. The highest BCUT2D eigenvalue weighted by atomic mass is 16.3. The quantitative estimate of drug-likeness (QED) is 0.739. The molecule has 0 aliphatic carbocycles. The normalized spacial score (nSPS) is 11.5. The number of benzene rings is 1. The summed E-state index contributed by atoms with van der Waals surface area (Å²) in [5.74, 6) is 0.828. The zero-order valence-electron chi connectivity index (χ0n) is 13.4. The van der Waals surface area contributed by atoms with Crippen molar-refractivity contribution < 1.29 is 5.11 Å². The van der Waals surface area contributed by atoms with Crippen LogP contribution in [0.1, 0.15) is 32.9 Å². The van der Waals surface area contributed by atoms with Gasteiger partial charge in [-0.25, -0.2) is 9.97 Å². The van der Waals surface area contributed by atoms with E-state index in [2.05, 4.69) is 31.1 Å². The Balaban J connectivity index is 2.39. The van der Waals surface area contributed by atoms with Gasteiger partial charge in [-0.2, -0.15) is 0 Å². The molecule has 0 unspecified atom stereocenters. The van der Waals surface area contributed by atoms with E-state index in [1.165, 1.54) is 0 Å². The van der Waals surface area contributed by atoms with Crippen molar-refractivity contribution in [3.05, 3.63) is 36.2 Å². The molecule has 0 fully saturated rings. The number of aromatic nitrogens is 2. The topological polar surface area (TPSA) is 84.1 Å². The van der Waals surface area contributed by atoms with Gasteiger partial charge in [-0.1, -0.05) is 32.9 Å². The lowest BCUT2D eigenvalue weighted by Gasteiger charge is -2.22. The molecule has 0 spiro atoms. The van der Waals surface area contributed by atoms with E-state index in [4.69, 9.17) is 10.7 Å². The molecule has 0 amide bonds. The van der Waals surface area contributed by atoms with Gasteiger partial charge in [0.2, 0.25) is 0 Å². The summed E-state index contributed by atoms with van der Waals surface area (Å²) in [5, 5.41) is 13.0. The van der Waals surface area contributed by atoms with Crippen LogP contribution >= 0.6 is 0 Å². The standard InChI is InChI=1S/C17H24N4O/c1-17(2,3)15-14(19-9-5-8-18)11-20-16(21-15)12-6-4-7-13(22)10-12/h4,6-7,10-11,19,22H,5,8-9,18H2,1-3H3. The number of anilines is 1. The Morgan fingerprint density at radius 1 is 1.27 bits per heavy atom. The van der Waals surface area contributed by atoms with Crippen LogP contribution in [-0.2, 0) is 5.41 Å². The summed E-state index contributed by atoms with van der Waals surface area (Å²) in [6.07, 6.45) is 2.71. The fraction of sp³-hybridized carbons (Fsp3) is 0.412. The Morgan fingerprint density at radius 2 is 2.05 bits per heavy atom. The van der Waals surface area contributed by atoms with E-state index >= 15 is 0 Å². The van der Waals surface area contributed by atoms with Crippen LogP contribution < -0.4 is 11.1 Å². The zero-order chi connectivity index (χ0) is 16.2. The maximum Gasteiger partial charge on any atom is 0.159 e. The molecule has 2 rings (SSSR count). The lowest BCUT2D eigenvalue weighted by atomic mass is 9.90. The predicted octanol–water partition coefficient (Wildman–Crippen LogP) is 2.91. The predicted molar refractivity (Wildman–Crippen MR) is 90.0 cm³/mol. The number of nitrogens with two attached hydrogens (primary N) is 1. The molecule has 22 heavy (non-hydrogen) atoms. The van der Waals surface area contributed by atoms with Gasteiger partial charge in [-0.05, 0) is 25.1 Å². The van der Waals surface area contributed by atoms with Crippen molar-refractivity contribution in [3.63, 3.8) is 0 Å². The lowest BCUT2D eigenvalue weighted by molar-refractivity contribution is 0.475. The first-order valence-electron chi connectivity index (χ1n) is 7.52. The second-order valence-corrected chi connectivity index (χ2v) is 6.33. The van der Waals surface area contributed by atoms with Crippen molar-refractivity contribution in [2.75, 3.05) is 18.4 Å². The van der Waals surface area contributed by atoms with Crippen LogP contribution in [0, 0.1) is 0 Å². The molecule has 118 valence electrons. The molecule has 0 radical (unpaired) electrons.